The van der Waals surface area contributed by atoms with Gasteiger partial charge in [-0.3, -0.25) is 10.1 Å². The molecule has 0 spiro atoms. The zero-order valence-corrected chi connectivity index (χ0v) is 21.7. The summed E-state index contributed by atoms with van der Waals surface area (Å²) < 4.78 is 62.1. The number of nitrogens with zero attached hydrogens (tertiary/aromatic N) is 1. The minimum atomic E-state index is -5.08. The van der Waals surface area contributed by atoms with E-state index >= 15 is 8.78 Å². The van der Waals surface area contributed by atoms with Crippen LogP contribution in [0.4, 0.5) is 22.0 Å². The van der Waals surface area contributed by atoms with Crippen molar-refractivity contribution in [2.45, 2.75) is 64.2 Å². The van der Waals surface area contributed by atoms with Crippen LogP contribution in [0.3, 0.4) is 0 Å². The lowest BCUT2D eigenvalue weighted by Gasteiger charge is -2.37. The number of halogens is 7. The zero-order valence-electron chi connectivity index (χ0n) is 20.2. The molecule has 0 unspecified atom stereocenters. The number of rotatable bonds is 4. The fourth-order valence-electron chi connectivity index (χ4n) is 4.54. The van der Waals surface area contributed by atoms with E-state index < -0.39 is 53.2 Å². The van der Waals surface area contributed by atoms with Gasteiger partial charge in [-0.15, -0.1) is 0 Å². The number of nitriles is 1. The molecule has 0 saturated carbocycles. The molecular weight excluding hydrogens is 570 g/mol. The Bertz CT molecular complexity index is 1260. The van der Waals surface area contributed by atoms with E-state index in [0.717, 1.165) is 6.07 Å². The van der Waals surface area contributed by atoms with Crippen molar-refractivity contribution >= 4 is 35.1 Å². The molecule has 1 aliphatic heterocycles. The van der Waals surface area contributed by atoms with Crippen LogP contribution in [-0.4, -0.2) is 40.4 Å². The van der Waals surface area contributed by atoms with E-state index in [9.17, 15) is 28.3 Å². The standard InChI is InChI=1S/C23H22Cl2F2N2O2.C2HF3O2.CH4/c1-22(2,3)10-17-23(11-28,14-8-7-12(24)9-16(14)26)18(20(29-17)21(30)31)13-5-4-6-15(25)19(13)27;3-2(4,5)1(6)7;/h4-9,17-18,20,29H,10H2,1-3H3,(H,30,31);(H,6,7);1H4/t17-,18-,20+,23-;;/m0../s1. The molecule has 0 aromatic heterocycles. The fraction of sp³-hybridized carbons (Fsp3) is 0.423. The van der Waals surface area contributed by atoms with Gasteiger partial charge in [-0.25, -0.2) is 13.6 Å². The Labute approximate surface area is 232 Å². The third kappa shape index (κ3) is 7.38. The second-order valence-electron chi connectivity index (χ2n) is 9.83. The number of hydrogen-bond acceptors (Lipinski definition) is 4. The number of carboxylic acids is 2. The summed E-state index contributed by atoms with van der Waals surface area (Å²) in [5, 5.41) is 30.5. The number of benzene rings is 2. The molecule has 2 aromatic carbocycles. The van der Waals surface area contributed by atoms with Crippen LogP contribution in [-0.2, 0) is 15.0 Å². The smallest absolute Gasteiger partial charge is 0.480 e. The number of carbonyl (C=O) groups is 2. The molecule has 3 rings (SSSR count). The average molecular weight is 597 g/mol. The first-order chi connectivity index (χ1) is 17.4. The maximum Gasteiger partial charge on any atom is 0.490 e. The number of aliphatic carboxylic acids is 2. The second-order valence-corrected chi connectivity index (χ2v) is 10.7. The minimum absolute atomic E-state index is 0. The molecule has 0 bridgehead atoms. The molecule has 6 nitrogen and oxygen atoms in total. The van der Waals surface area contributed by atoms with Gasteiger partial charge in [0.15, 0.2) is 0 Å². The van der Waals surface area contributed by atoms with Crippen molar-refractivity contribution in [3.05, 3.63) is 69.2 Å². The van der Waals surface area contributed by atoms with Crippen molar-refractivity contribution in [3.63, 3.8) is 0 Å². The topological polar surface area (TPSA) is 110 Å². The van der Waals surface area contributed by atoms with Crippen LogP contribution >= 0.6 is 23.2 Å². The van der Waals surface area contributed by atoms with Gasteiger partial charge >= 0.3 is 18.1 Å². The largest absolute Gasteiger partial charge is 0.490 e. The van der Waals surface area contributed by atoms with Crippen LogP contribution in [0.15, 0.2) is 36.4 Å². The van der Waals surface area contributed by atoms with Crippen LogP contribution in [0.5, 0.6) is 0 Å². The maximum absolute atomic E-state index is 15.2. The fourth-order valence-corrected chi connectivity index (χ4v) is 4.88. The molecule has 214 valence electrons. The van der Waals surface area contributed by atoms with E-state index in [-0.39, 0.29) is 34.0 Å². The molecule has 3 N–H and O–H groups in total. The van der Waals surface area contributed by atoms with Crippen LogP contribution in [0.2, 0.25) is 10.0 Å². The van der Waals surface area contributed by atoms with Crippen molar-refractivity contribution in [3.8, 4) is 6.07 Å². The molecule has 39 heavy (non-hydrogen) atoms. The zero-order chi connectivity index (χ0) is 29.2. The van der Waals surface area contributed by atoms with E-state index in [1.807, 2.05) is 20.8 Å². The lowest BCUT2D eigenvalue weighted by atomic mass is 9.62. The number of alkyl halides is 3. The summed E-state index contributed by atoms with van der Waals surface area (Å²) in [5.41, 5.74) is -2.15. The van der Waals surface area contributed by atoms with E-state index in [0.29, 0.717) is 6.42 Å². The normalized spacial score (nSPS) is 22.6. The SMILES string of the molecule is C.CC(C)(C)C[C@@H]1N[C@@H](C(=O)O)[C@H](c2cccc(Cl)c2F)[C@@]1(C#N)c1ccc(Cl)cc1F.O=C(O)C(F)(F)F. The Balaban J connectivity index is 0.000000841. The molecule has 0 radical (unpaired) electrons. The molecule has 0 aliphatic carbocycles. The van der Waals surface area contributed by atoms with E-state index in [2.05, 4.69) is 11.4 Å². The monoisotopic (exact) mass is 596 g/mol. The van der Waals surface area contributed by atoms with Gasteiger partial charge in [0.25, 0.3) is 0 Å². The van der Waals surface area contributed by atoms with Gasteiger partial charge < -0.3 is 10.2 Å². The third-order valence-electron chi connectivity index (χ3n) is 5.96. The predicted octanol–water partition coefficient (Wildman–Crippen LogP) is 6.95. The summed E-state index contributed by atoms with van der Waals surface area (Å²) in [7, 11) is 0. The van der Waals surface area contributed by atoms with Gasteiger partial charge in [-0.05, 0) is 35.6 Å². The Morgan fingerprint density at radius 3 is 2.10 bits per heavy atom. The molecule has 1 saturated heterocycles. The summed E-state index contributed by atoms with van der Waals surface area (Å²) >= 11 is 11.9. The van der Waals surface area contributed by atoms with Crippen molar-refractivity contribution in [2.75, 3.05) is 0 Å². The molecule has 1 heterocycles. The Hall–Kier alpha value is -2.94. The van der Waals surface area contributed by atoms with Gasteiger partial charge in [-0.1, -0.05) is 69.6 Å². The van der Waals surface area contributed by atoms with Gasteiger partial charge in [0.05, 0.1) is 11.1 Å². The van der Waals surface area contributed by atoms with E-state index in [1.165, 1.54) is 30.3 Å². The molecule has 1 fully saturated rings. The van der Waals surface area contributed by atoms with Crippen molar-refractivity contribution < 1.29 is 41.8 Å². The summed E-state index contributed by atoms with van der Waals surface area (Å²) in [5.74, 6) is -6.85. The first-order valence-electron chi connectivity index (χ1n) is 11.0. The van der Waals surface area contributed by atoms with Crippen LogP contribution in [0.25, 0.3) is 0 Å². The number of nitrogens with one attached hydrogen (secondary N) is 1. The van der Waals surface area contributed by atoms with Crippen molar-refractivity contribution in [1.82, 2.24) is 5.32 Å². The van der Waals surface area contributed by atoms with Crippen molar-refractivity contribution in [2.24, 2.45) is 5.41 Å². The predicted molar refractivity (Wildman–Crippen MR) is 136 cm³/mol. The summed E-state index contributed by atoms with van der Waals surface area (Å²) in [4.78, 5) is 21.1. The highest BCUT2D eigenvalue weighted by molar-refractivity contribution is 6.31. The minimum Gasteiger partial charge on any atom is -0.480 e. The quantitative estimate of drug-likeness (QED) is 0.329. The lowest BCUT2D eigenvalue weighted by molar-refractivity contribution is -0.192. The maximum atomic E-state index is 15.2. The second kappa shape index (κ2) is 12.5. The van der Waals surface area contributed by atoms with Gasteiger partial charge in [0.1, 0.15) is 23.1 Å². The van der Waals surface area contributed by atoms with Gasteiger partial charge in [0, 0.05) is 22.5 Å². The highest BCUT2D eigenvalue weighted by Gasteiger charge is 2.61. The highest BCUT2D eigenvalue weighted by atomic mass is 35.5. The Morgan fingerprint density at radius 2 is 1.67 bits per heavy atom. The average Bonchev–Trinajstić information content (AvgIpc) is 3.08. The van der Waals surface area contributed by atoms with E-state index in [1.54, 1.807) is 0 Å². The first kappa shape index (κ1) is 34.1. The Kier molecular flexibility index (Phi) is 10.9. The van der Waals surface area contributed by atoms with Crippen molar-refractivity contribution in [1.29, 1.82) is 5.26 Å². The molecule has 1 aliphatic rings. The first-order valence-corrected chi connectivity index (χ1v) is 11.7. The summed E-state index contributed by atoms with van der Waals surface area (Å²) in [6.07, 6.45) is -4.74. The highest BCUT2D eigenvalue weighted by Crippen LogP contribution is 2.52. The molecular formula is C26H27Cl2F5N2O4. The molecule has 0 amide bonds. The summed E-state index contributed by atoms with van der Waals surface area (Å²) in [6.45, 7) is 5.79. The molecule has 2 aromatic rings. The third-order valence-corrected chi connectivity index (χ3v) is 6.48. The summed E-state index contributed by atoms with van der Waals surface area (Å²) in [6, 6.07) is 8.16. The van der Waals surface area contributed by atoms with Crippen LogP contribution < -0.4 is 5.32 Å². The van der Waals surface area contributed by atoms with Gasteiger partial charge in [-0.2, -0.15) is 18.4 Å². The van der Waals surface area contributed by atoms with Gasteiger partial charge in [0.2, 0.25) is 0 Å². The van der Waals surface area contributed by atoms with E-state index in [4.69, 9.17) is 33.1 Å². The van der Waals surface area contributed by atoms with Crippen LogP contribution in [0, 0.1) is 28.4 Å². The Morgan fingerprint density at radius 1 is 1.10 bits per heavy atom. The number of carboxylic acid groups (broad SMARTS) is 2. The van der Waals surface area contributed by atoms with Crippen LogP contribution in [0.1, 0.15) is 51.7 Å². The molecule has 4 atom stereocenters. The number of hydrogen-bond donors (Lipinski definition) is 3. The molecule has 13 heteroatoms. The lowest BCUT2D eigenvalue weighted by Crippen LogP contribution is -2.44.